The number of nitrogens with zero attached hydrogens (tertiary/aromatic N) is 2. The molecule has 2 bridgehead atoms. The van der Waals surface area contributed by atoms with Crippen LogP contribution in [0.25, 0.3) is 11.5 Å². The van der Waals surface area contributed by atoms with Gasteiger partial charge in [-0.3, -0.25) is 10.00 Å². The van der Waals surface area contributed by atoms with E-state index < -0.39 is 0 Å². The fourth-order valence-electron chi connectivity index (χ4n) is 5.03. The summed E-state index contributed by atoms with van der Waals surface area (Å²) in [6.07, 6.45) is 6.29. The molecule has 35 heavy (non-hydrogen) atoms. The number of fused-ring (bicyclic) bond motifs is 4. The van der Waals surface area contributed by atoms with Gasteiger partial charge < -0.3 is 19.0 Å². The monoisotopic (exact) mass is 471 g/mol. The summed E-state index contributed by atoms with van der Waals surface area (Å²) in [5, 5.41) is 17.5. The molecule has 4 aromatic rings. The zero-order valence-electron chi connectivity index (χ0n) is 19.6. The SMILES string of the molecule is Oc1ccc2cc1CCc1cc3c(cc1CCCN(Cc1ccc(-c4ccn[nH]4)o1)CC2)OCO3. The van der Waals surface area contributed by atoms with Crippen LogP contribution in [0.1, 0.15) is 34.4 Å². The van der Waals surface area contributed by atoms with Crippen LogP contribution in [0.4, 0.5) is 0 Å². The first-order valence-corrected chi connectivity index (χ1v) is 12.2. The van der Waals surface area contributed by atoms with E-state index in [4.69, 9.17) is 13.9 Å². The summed E-state index contributed by atoms with van der Waals surface area (Å²) in [6.45, 7) is 2.89. The fourth-order valence-corrected chi connectivity index (χ4v) is 5.03. The summed E-state index contributed by atoms with van der Waals surface area (Å²) in [5.41, 5.74) is 5.68. The Morgan fingerprint density at radius 1 is 0.857 bits per heavy atom. The molecular weight excluding hydrogens is 442 g/mol. The first kappa shape index (κ1) is 21.8. The molecule has 0 unspecified atom stereocenters. The van der Waals surface area contributed by atoms with Gasteiger partial charge in [-0.15, -0.1) is 0 Å². The molecule has 0 atom stereocenters. The van der Waals surface area contributed by atoms with Crippen molar-refractivity contribution >= 4 is 0 Å². The predicted octanol–water partition coefficient (Wildman–Crippen LogP) is 4.88. The lowest BCUT2D eigenvalue weighted by molar-refractivity contribution is 0.174. The van der Waals surface area contributed by atoms with Crippen molar-refractivity contribution in [3.8, 4) is 28.7 Å². The Hall–Kier alpha value is -3.71. The van der Waals surface area contributed by atoms with E-state index in [2.05, 4.69) is 33.3 Å². The third-order valence-corrected chi connectivity index (χ3v) is 6.95. The quantitative estimate of drug-likeness (QED) is 0.443. The molecule has 0 aliphatic carbocycles. The number of phenolic OH excluding ortho intramolecular Hbond substituents is 1. The number of nitrogens with one attached hydrogen (secondary N) is 1. The summed E-state index contributed by atoms with van der Waals surface area (Å²) >= 11 is 0. The Kier molecular flexibility index (Phi) is 5.92. The van der Waals surface area contributed by atoms with Crippen LogP contribution in [0.15, 0.2) is 59.1 Å². The number of aromatic amines is 1. The molecular formula is C28H29N3O4. The third kappa shape index (κ3) is 4.77. The smallest absolute Gasteiger partial charge is 0.231 e. The lowest BCUT2D eigenvalue weighted by Crippen LogP contribution is -2.27. The number of hydrogen-bond acceptors (Lipinski definition) is 6. The standard InChI is InChI=1S/C28H29N3O4/c32-25-7-3-19-10-13-31(17-23-6-8-26(35-23)24-9-11-29-30-24)12-1-2-20-15-27-28(34-18-33-27)16-21(20)4-5-22(25)14-19/h3,6-9,11,14-16,32H,1-2,4-5,10,12-13,17-18H2,(H,29,30). The molecule has 2 N–H and O–H groups in total. The lowest BCUT2D eigenvalue weighted by atomic mass is 9.95. The summed E-state index contributed by atoms with van der Waals surface area (Å²) in [5.74, 6) is 3.76. The Morgan fingerprint density at radius 3 is 2.51 bits per heavy atom. The van der Waals surface area contributed by atoms with Gasteiger partial charge >= 0.3 is 0 Å². The number of aryl methyl sites for hydroxylation is 3. The maximum Gasteiger partial charge on any atom is 0.231 e. The van der Waals surface area contributed by atoms with Gasteiger partial charge in [0.25, 0.3) is 0 Å². The lowest BCUT2D eigenvalue weighted by Gasteiger charge is -2.21. The van der Waals surface area contributed by atoms with E-state index in [0.717, 1.165) is 86.0 Å². The second-order valence-electron chi connectivity index (χ2n) is 9.30. The Morgan fingerprint density at radius 2 is 1.69 bits per heavy atom. The van der Waals surface area contributed by atoms with Crippen LogP contribution >= 0.6 is 0 Å². The normalized spacial score (nSPS) is 16.2. The summed E-state index contributed by atoms with van der Waals surface area (Å²) < 4.78 is 17.4. The highest BCUT2D eigenvalue weighted by molar-refractivity contribution is 5.51. The topological polar surface area (TPSA) is 83.8 Å². The minimum atomic E-state index is 0.276. The van der Waals surface area contributed by atoms with E-state index in [0.29, 0.717) is 5.75 Å². The van der Waals surface area contributed by atoms with Crippen LogP contribution in [0.3, 0.4) is 0 Å². The largest absolute Gasteiger partial charge is 0.508 e. The average molecular weight is 472 g/mol. The zero-order chi connectivity index (χ0) is 23.6. The highest BCUT2D eigenvalue weighted by atomic mass is 16.7. The minimum Gasteiger partial charge on any atom is -0.508 e. The molecule has 2 aromatic heterocycles. The molecule has 2 aliphatic heterocycles. The van der Waals surface area contributed by atoms with Gasteiger partial charge in [-0.05, 0) is 97.3 Å². The van der Waals surface area contributed by atoms with Gasteiger partial charge in [0.05, 0.1) is 6.54 Å². The molecule has 0 radical (unpaired) electrons. The molecule has 0 saturated heterocycles. The molecule has 0 spiro atoms. The van der Waals surface area contributed by atoms with Crippen LogP contribution in [0.2, 0.25) is 0 Å². The van der Waals surface area contributed by atoms with Crippen LogP contribution in [-0.4, -0.2) is 40.1 Å². The second kappa shape index (κ2) is 9.50. The van der Waals surface area contributed by atoms with Crippen molar-refractivity contribution < 1.29 is 19.0 Å². The fraction of sp³-hybridized carbons (Fsp3) is 0.321. The van der Waals surface area contributed by atoms with Gasteiger partial charge in [0.1, 0.15) is 17.2 Å². The van der Waals surface area contributed by atoms with E-state index in [1.807, 2.05) is 30.3 Å². The molecule has 7 nitrogen and oxygen atoms in total. The highest BCUT2D eigenvalue weighted by Gasteiger charge is 2.19. The Labute approximate surface area is 204 Å². The maximum atomic E-state index is 10.5. The van der Waals surface area contributed by atoms with E-state index in [-0.39, 0.29) is 6.79 Å². The minimum absolute atomic E-state index is 0.276. The van der Waals surface area contributed by atoms with Crippen molar-refractivity contribution in [2.45, 2.75) is 38.6 Å². The number of ether oxygens (including phenoxy) is 2. The number of aromatic nitrogens is 2. The van der Waals surface area contributed by atoms with Gasteiger partial charge in [-0.25, -0.2) is 0 Å². The summed E-state index contributed by atoms with van der Waals surface area (Å²) in [6, 6.07) is 16.2. The second-order valence-corrected chi connectivity index (χ2v) is 9.30. The Balaban J connectivity index is 1.26. The summed E-state index contributed by atoms with van der Waals surface area (Å²) in [4.78, 5) is 2.45. The molecule has 4 heterocycles. The number of H-pyrrole nitrogens is 1. The molecule has 0 amide bonds. The summed E-state index contributed by atoms with van der Waals surface area (Å²) in [7, 11) is 0. The molecule has 0 saturated carbocycles. The number of furan rings is 1. The van der Waals surface area contributed by atoms with Crippen molar-refractivity contribution in [2.75, 3.05) is 19.9 Å². The van der Waals surface area contributed by atoms with Crippen molar-refractivity contribution in [3.63, 3.8) is 0 Å². The third-order valence-electron chi connectivity index (χ3n) is 6.95. The van der Waals surface area contributed by atoms with Gasteiger partial charge in [0, 0.05) is 12.7 Å². The predicted molar refractivity (Wildman–Crippen MR) is 132 cm³/mol. The van der Waals surface area contributed by atoms with Gasteiger partial charge in [-0.2, -0.15) is 5.10 Å². The maximum absolute atomic E-state index is 10.5. The molecule has 2 aliphatic rings. The number of phenols is 1. The van der Waals surface area contributed by atoms with Crippen LogP contribution in [0, 0.1) is 0 Å². The van der Waals surface area contributed by atoms with Crippen molar-refractivity contribution in [1.82, 2.24) is 15.1 Å². The van der Waals surface area contributed by atoms with E-state index in [9.17, 15) is 5.11 Å². The zero-order valence-corrected chi connectivity index (χ0v) is 19.6. The van der Waals surface area contributed by atoms with Crippen molar-refractivity contribution in [1.29, 1.82) is 0 Å². The first-order valence-electron chi connectivity index (χ1n) is 12.2. The van der Waals surface area contributed by atoms with Crippen molar-refractivity contribution in [3.05, 3.63) is 82.7 Å². The van der Waals surface area contributed by atoms with Gasteiger partial charge in [-0.1, -0.05) is 12.1 Å². The van der Waals surface area contributed by atoms with E-state index in [1.54, 1.807) is 6.20 Å². The molecule has 180 valence electrons. The van der Waals surface area contributed by atoms with Gasteiger partial charge in [0.2, 0.25) is 6.79 Å². The molecule has 7 heteroatoms. The van der Waals surface area contributed by atoms with Crippen LogP contribution in [0.5, 0.6) is 17.2 Å². The first-order chi connectivity index (χ1) is 17.2. The average Bonchev–Trinajstić information content (AvgIpc) is 3.63. The van der Waals surface area contributed by atoms with E-state index in [1.165, 1.54) is 16.7 Å². The molecule has 2 aromatic carbocycles. The highest BCUT2D eigenvalue weighted by Crippen LogP contribution is 2.36. The van der Waals surface area contributed by atoms with Crippen LogP contribution in [-0.2, 0) is 32.2 Å². The number of rotatable bonds is 3. The number of aromatic hydroxyl groups is 1. The molecule has 0 fully saturated rings. The molecule has 6 rings (SSSR count). The van der Waals surface area contributed by atoms with E-state index >= 15 is 0 Å². The van der Waals surface area contributed by atoms with Crippen molar-refractivity contribution in [2.24, 2.45) is 0 Å². The number of hydrogen-bond donors (Lipinski definition) is 2. The Bertz CT molecular complexity index is 1310. The van der Waals surface area contributed by atoms with Gasteiger partial charge in [0.15, 0.2) is 17.3 Å². The van der Waals surface area contributed by atoms with Crippen LogP contribution < -0.4 is 9.47 Å². The number of benzene rings is 2.